The molecule has 0 saturated carbocycles. The zero-order valence-electron chi connectivity index (χ0n) is 22.6. The minimum Gasteiger partial charge on any atom is -0.547 e. The number of epoxide rings is 2. The number of carboxylic acids is 2. The fourth-order valence-corrected chi connectivity index (χ4v) is 7.93. The van der Waals surface area contributed by atoms with Gasteiger partial charge in [-0.3, -0.25) is 0 Å². The summed E-state index contributed by atoms with van der Waals surface area (Å²) in [5.74, 6) is -2.31. The molecule has 2 saturated heterocycles. The van der Waals surface area contributed by atoms with Crippen LogP contribution in [0.25, 0.3) is 0 Å². The third kappa shape index (κ3) is 10.7. The van der Waals surface area contributed by atoms with Crippen LogP contribution in [0.15, 0.2) is 48.6 Å². The summed E-state index contributed by atoms with van der Waals surface area (Å²) in [4.78, 5) is 20.8. The quantitative estimate of drug-likeness (QED) is 0.145. The molecule has 0 amide bonds. The first-order chi connectivity index (χ1) is 17.9. The summed E-state index contributed by atoms with van der Waals surface area (Å²) in [5.41, 5.74) is -2.23. The number of carboxylic acid groups (broad SMARTS) is 2. The Hall–Kier alpha value is -1.38. The molecule has 0 N–H and O–H groups in total. The van der Waals surface area contributed by atoms with Crippen LogP contribution in [0.1, 0.15) is 90.9 Å². The average molecular weight is 619 g/mol. The maximum Gasteiger partial charge on any atom is 0.156 e. The number of aliphatic carboxylic acids is 2. The molecule has 0 aromatic rings. The van der Waals surface area contributed by atoms with E-state index in [9.17, 15) is 19.8 Å². The van der Waals surface area contributed by atoms with Crippen LogP contribution in [0.3, 0.4) is 0 Å². The number of rotatable bonds is 16. The van der Waals surface area contributed by atoms with Crippen molar-refractivity contribution in [2.24, 2.45) is 0 Å². The van der Waals surface area contributed by atoms with Crippen LogP contribution in [-0.4, -0.2) is 56.5 Å². The van der Waals surface area contributed by atoms with Gasteiger partial charge in [0.25, 0.3) is 0 Å². The monoisotopic (exact) mass is 620 g/mol. The summed E-state index contributed by atoms with van der Waals surface area (Å²) in [6.07, 6.45) is 30.5. The number of hydrogen-bond acceptors (Lipinski definition) is 6. The molecule has 0 aromatic heterocycles. The molecule has 0 spiro atoms. The molecule has 37 heavy (non-hydrogen) atoms. The van der Waals surface area contributed by atoms with E-state index in [2.05, 4.69) is 13.8 Å². The average Bonchev–Trinajstić information content (AvgIpc) is 3.80. The van der Waals surface area contributed by atoms with E-state index in [0.717, 1.165) is 0 Å². The van der Waals surface area contributed by atoms with E-state index < -0.39 is 23.1 Å². The van der Waals surface area contributed by atoms with E-state index in [1.807, 2.05) is 0 Å². The number of fused-ring (bicyclic) bond motifs is 2. The second kappa shape index (κ2) is 17.3. The zero-order chi connectivity index (χ0) is 27.0. The van der Waals surface area contributed by atoms with Crippen molar-refractivity contribution in [2.75, 3.05) is 0 Å². The summed E-state index contributed by atoms with van der Waals surface area (Å²) >= 11 is 0.0736. The van der Waals surface area contributed by atoms with Gasteiger partial charge in [-0.25, -0.2) is 0 Å². The van der Waals surface area contributed by atoms with Crippen molar-refractivity contribution in [1.29, 1.82) is 0 Å². The van der Waals surface area contributed by atoms with Crippen LogP contribution < -0.4 is 10.2 Å². The normalized spacial score (nSPS) is 27.0. The van der Waals surface area contributed by atoms with Gasteiger partial charge in [0, 0.05) is 0 Å². The Morgan fingerprint density at radius 3 is 1.35 bits per heavy atom. The molecular weight excluding hydrogens is 575 g/mol. The first-order valence-corrected chi connectivity index (χ1v) is 18.2. The van der Waals surface area contributed by atoms with Gasteiger partial charge in [0.05, 0.1) is 11.9 Å². The standard InChI is InChI=1S/2C8H17.2C7H6O3.Sn/c2*1-3-5-7-8-6-4-2;2*8-6(9)7-4-2-1-3-5(7)10-7;/h2*1,3-8H2,2H3;2*1-5H,(H,8,9);/q;;;;+2/p-2. The third-order valence-electron chi connectivity index (χ3n) is 6.91. The Kier molecular flexibility index (Phi) is 14.8. The number of allylic oxidation sites excluding steroid dienone is 4. The van der Waals surface area contributed by atoms with E-state index in [4.69, 9.17) is 9.47 Å². The van der Waals surface area contributed by atoms with Gasteiger partial charge in [0.15, 0.2) is 11.2 Å². The van der Waals surface area contributed by atoms with E-state index >= 15 is 0 Å². The maximum atomic E-state index is 10.4. The first kappa shape index (κ1) is 31.8. The van der Waals surface area contributed by atoms with Gasteiger partial charge in [-0.1, -0.05) is 36.5 Å². The van der Waals surface area contributed by atoms with Gasteiger partial charge in [-0.2, -0.15) is 0 Å². The molecule has 6 nitrogen and oxygen atoms in total. The Morgan fingerprint density at radius 1 is 0.649 bits per heavy atom. The van der Waals surface area contributed by atoms with E-state index in [1.165, 1.54) is 76.4 Å². The smallest absolute Gasteiger partial charge is 0.156 e. The molecule has 4 unspecified atom stereocenters. The van der Waals surface area contributed by atoms with E-state index in [1.54, 1.807) is 58.2 Å². The van der Waals surface area contributed by atoms with E-state index in [-0.39, 0.29) is 33.4 Å². The second-order valence-electron chi connectivity index (χ2n) is 10.0. The number of carbonyl (C=O) groups is 2. The molecule has 0 aromatic carbocycles. The van der Waals surface area contributed by atoms with Crippen molar-refractivity contribution in [2.45, 2.75) is 123 Å². The van der Waals surface area contributed by atoms with E-state index in [0.29, 0.717) is 0 Å². The van der Waals surface area contributed by atoms with Crippen molar-refractivity contribution in [1.82, 2.24) is 0 Å². The summed E-state index contributed by atoms with van der Waals surface area (Å²) in [6.45, 7) is 4.60. The number of unbranched alkanes of at least 4 members (excludes halogenated alkanes) is 10. The van der Waals surface area contributed by atoms with Crippen LogP contribution >= 0.6 is 0 Å². The predicted octanol–water partition coefficient (Wildman–Crippen LogP) is 4.25. The molecule has 204 valence electrons. The maximum absolute atomic E-state index is 10.4. The Balaban J connectivity index is 0.000000205. The summed E-state index contributed by atoms with van der Waals surface area (Å²) in [5, 5.41) is 20.8. The van der Waals surface area contributed by atoms with Crippen molar-refractivity contribution >= 4 is 33.1 Å². The molecule has 0 radical (unpaired) electrons. The molecule has 2 fully saturated rings. The molecule has 4 aliphatic rings. The SMILES string of the molecule is CCCCCCC[CH2][Sn+2][CH2]CCCCCCC.O=C([O-])C12C=CC=CC1O2.O=C([O-])C12C=CC=CC1O2. The summed E-state index contributed by atoms with van der Waals surface area (Å²) in [7, 11) is 0. The minimum atomic E-state index is -1.15. The largest absolute Gasteiger partial charge is 0.547 e. The molecule has 0 bridgehead atoms. The van der Waals surface area contributed by atoms with Gasteiger partial charge < -0.3 is 29.3 Å². The number of hydrogen-bond donors (Lipinski definition) is 0. The fourth-order valence-electron chi connectivity index (χ4n) is 4.36. The van der Waals surface area contributed by atoms with Gasteiger partial charge in [-0.15, -0.1) is 0 Å². The van der Waals surface area contributed by atoms with Crippen LogP contribution in [0.5, 0.6) is 0 Å². The molecular formula is C30H44O6Sn. The Morgan fingerprint density at radius 2 is 1.03 bits per heavy atom. The molecule has 2 aliphatic carbocycles. The van der Waals surface area contributed by atoms with Crippen LogP contribution in [0.4, 0.5) is 0 Å². The number of carbonyl (C=O) groups excluding carboxylic acids is 2. The summed E-state index contributed by atoms with van der Waals surface area (Å²) < 4.78 is 13.1. The molecule has 4 rings (SSSR count). The second-order valence-corrected chi connectivity index (χ2v) is 14.3. The van der Waals surface area contributed by atoms with Crippen LogP contribution in [0.2, 0.25) is 8.87 Å². The van der Waals surface area contributed by atoms with Crippen molar-refractivity contribution < 1.29 is 29.3 Å². The van der Waals surface area contributed by atoms with Crippen molar-refractivity contribution in [3.63, 3.8) is 0 Å². The molecule has 4 atom stereocenters. The topological polar surface area (TPSA) is 105 Å². The van der Waals surface area contributed by atoms with Gasteiger partial charge in [0.2, 0.25) is 0 Å². The summed E-state index contributed by atoms with van der Waals surface area (Å²) in [6, 6.07) is 0. The first-order valence-electron chi connectivity index (χ1n) is 14.1. The molecule has 2 heterocycles. The predicted molar refractivity (Wildman–Crippen MR) is 144 cm³/mol. The van der Waals surface area contributed by atoms with Gasteiger partial charge >= 0.3 is 121 Å². The van der Waals surface area contributed by atoms with Crippen molar-refractivity contribution in [3.05, 3.63) is 48.6 Å². The van der Waals surface area contributed by atoms with Gasteiger partial charge in [0.1, 0.15) is 12.2 Å². The van der Waals surface area contributed by atoms with Crippen LogP contribution in [0, 0.1) is 0 Å². The Labute approximate surface area is 233 Å². The Bertz CT molecular complexity index is 753. The minimum absolute atomic E-state index is 0.0736. The molecule has 2 aliphatic heterocycles. The zero-order valence-corrected chi connectivity index (χ0v) is 25.5. The van der Waals surface area contributed by atoms with Crippen molar-refractivity contribution in [3.8, 4) is 0 Å². The third-order valence-corrected chi connectivity index (χ3v) is 10.9. The van der Waals surface area contributed by atoms with Gasteiger partial charge in [-0.05, 0) is 12.2 Å². The fraction of sp³-hybridized carbons (Fsp3) is 0.667. The number of ether oxygens (including phenoxy) is 2. The van der Waals surface area contributed by atoms with Crippen LogP contribution in [-0.2, 0) is 19.1 Å². The molecule has 7 heteroatoms.